The van der Waals surface area contributed by atoms with Gasteiger partial charge in [0.15, 0.2) is 0 Å². The molecule has 0 bridgehead atoms. The van der Waals surface area contributed by atoms with Crippen LogP contribution in [0, 0.1) is 12.7 Å². The van der Waals surface area contributed by atoms with Crippen molar-refractivity contribution in [1.82, 2.24) is 9.88 Å². The van der Waals surface area contributed by atoms with E-state index in [9.17, 15) is 18.8 Å². The molecule has 0 fully saturated rings. The van der Waals surface area contributed by atoms with E-state index in [0.717, 1.165) is 16.5 Å². The summed E-state index contributed by atoms with van der Waals surface area (Å²) in [5.74, 6) is -2.01. The summed E-state index contributed by atoms with van der Waals surface area (Å²) in [6.07, 6.45) is 2.60. The quantitative estimate of drug-likeness (QED) is 0.356. The Hall–Kier alpha value is -3.72. The lowest BCUT2D eigenvalue weighted by atomic mass is 10.1. The first-order valence-electron chi connectivity index (χ1n) is 11.4. The Morgan fingerprint density at radius 1 is 1.17 bits per heavy atom. The molecule has 0 aliphatic carbocycles. The smallest absolute Gasteiger partial charge is 0.303 e. The highest BCUT2D eigenvalue weighted by Gasteiger charge is 2.20. The molecule has 186 valence electrons. The van der Waals surface area contributed by atoms with Gasteiger partial charge in [0.2, 0.25) is 5.91 Å². The van der Waals surface area contributed by atoms with Crippen molar-refractivity contribution >= 4 is 34.4 Å². The molecule has 2 amide bonds. The molecule has 1 aromatic heterocycles. The molecule has 0 spiro atoms. The SMILES string of the molecule is COCCNC(=O)c1ccc2c(C)cn([C@H](C)C(=O)Nc3cc(F)ccc3CCCC(=O)O)c2c1. The van der Waals surface area contributed by atoms with Crippen molar-refractivity contribution in [2.75, 3.05) is 25.6 Å². The zero-order chi connectivity index (χ0) is 25.5. The van der Waals surface area contributed by atoms with Gasteiger partial charge in [0.25, 0.3) is 5.91 Å². The van der Waals surface area contributed by atoms with Gasteiger partial charge in [-0.1, -0.05) is 12.1 Å². The number of carbonyl (C=O) groups excluding carboxylic acids is 2. The maximum absolute atomic E-state index is 13.9. The molecule has 3 rings (SSSR count). The van der Waals surface area contributed by atoms with Crippen LogP contribution in [-0.2, 0) is 20.7 Å². The van der Waals surface area contributed by atoms with Crippen LogP contribution in [0.25, 0.3) is 10.9 Å². The van der Waals surface area contributed by atoms with Crippen LogP contribution in [-0.4, -0.2) is 47.7 Å². The van der Waals surface area contributed by atoms with Gasteiger partial charge < -0.3 is 25.0 Å². The fourth-order valence-electron chi connectivity index (χ4n) is 3.93. The van der Waals surface area contributed by atoms with Gasteiger partial charge in [-0.2, -0.15) is 0 Å². The lowest BCUT2D eigenvalue weighted by Gasteiger charge is -2.18. The number of anilines is 1. The summed E-state index contributed by atoms with van der Waals surface area (Å²) in [6, 6.07) is 8.76. The molecule has 9 heteroatoms. The summed E-state index contributed by atoms with van der Waals surface area (Å²) in [6.45, 7) is 4.44. The van der Waals surface area contributed by atoms with Gasteiger partial charge >= 0.3 is 5.97 Å². The largest absolute Gasteiger partial charge is 0.481 e. The fraction of sp³-hybridized carbons (Fsp3) is 0.346. The van der Waals surface area contributed by atoms with Crippen LogP contribution in [0.1, 0.15) is 47.3 Å². The van der Waals surface area contributed by atoms with Gasteiger partial charge in [-0.25, -0.2) is 4.39 Å². The summed E-state index contributed by atoms with van der Waals surface area (Å²) < 4.78 is 20.7. The summed E-state index contributed by atoms with van der Waals surface area (Å²) >= 11 is 0. The van der Waals surface area contributed by atoms with Gasteiger partial charge in [0.1, 0.15) is 11.9 Å². The average molecular weight is 484 g/mol. The van der Waals surface area contributed by atoms with E-state index in [1.807, 2.05) is 19.2 Å². The monoisotopic (exact) mass is 483 g/mol. The first-order chi connectivity index (χ1) is 16.7. The van der Waals surface area contributed by atoms with Gasteiger partial charge in [0, 0.05) is 48.4 Å². The van der Waals surface area contributed by atoms with Crippen LogP contribution in [0.2, 0.25) is 0 Å². The Kier molecular flexibility index (Phi) is 8.59. The standard InChI is InChI=1S/C26H30FN3O5/c1-16-15-30(23-13-19(8-10-21(16)23)26(34)28-11-12-35-3)17(2)25(33)29-22-14-20(27)9-7-18(22)5-4-6-24(31)32/h7-10,13-15,17H,4-6,11-12H2,1-3H3,(H,28,34)(H,29,33)(H,31,32)/t17-/m1/s1. The van der Waals surface area contributed by atoms with Crippen molar-refractivity contribution < 1.29 is 28.6 Å². The van der Waals surface area contributed by atoms with Crippen LogP contribution >= 0.6 is 0 Å². The zero-order valence-corrected chi connectivity index (χ0v) is 20.1. The number of benzene rings is 2. The Balaban J connectivity index is 1.83. The molecule has 0 aliphatic heterocycles. The van der Waals surface area contributed by atoms with Crippen LogP contribution in [0.3, 0.4) is 0 Å². The Bertz CT molecular complexity index is 1240. The number of ether oxygens (including phenoxy) is 1. The molecular weight excluding hydrogens is 453 g/mol. The molecule has 1 heterocycles. The number of nitrogens with zero attached hydrogens (tertiary/aromatic N) is 1. The highest BCUT2D eigenvalue weighted by molar-refractivity contribution is 6.00. The molecule has 1 atom stereocenters. The average Bonchev–Trinajstić information content (AvgIpc) is 3.15. The maximum Gasteiger partial charge on any atom is 0.303 e. The number of aryl methyl sites for hydroxylation is 2. The van der Waals surface area contributed by atoms with Crippen LogP contribution in [0.4, 0.5) is 10.1 Å². The van der Waals surface area contributed by atoms with Crippen LogP contribution in [0.15, 0.2) is 42.6 Å². The van der Waals surface area contributed by atoms with E-state index < -0.39 is 17.8 Å². The summed E-state index contributed by atoms with van der Waals surface area (Å²) in [4.78, 5) is 36.5. The molecule has 3 aromatic rings. The molecule has 3 N–H and O–H groups in total. The molecular formula is C26H30FN3O5. The van der Waals surface area contributed by atoms with E-state index in [2.05, 4.69) is 10.6 Å². The van der Waals surface area contributed by atoms with E-state index in [1.54, 1.807) is 36.8 Å². The zero-order valence-electron chi connectivity index (χ0n) is 20.1. The third-order valence-electron chi connectivity index (χ3n) is 5.85. The predicted octanol–water partition coefficient (Wildman–Crippen LogP) is 4.07. The van der Waals surface area contributed by atoms with Gasteiger partial charge in [-0.05, 0) is 62.1 Å². The summed E-state index contributed by atoms with van der Waals surface area (Å²) in [5, 5.41) is 15.4. The second-order valence-electron chi connectivity index (χ2n) is 8.41. The summed E-state index contributed by atoms with van der Waals surface area (Å²) in [5.41, 5.74) is 3.12. The number of carboxylic acids is 1. The van der Waals surface area contributed by atoms with E-state index in [4.69, 9.17) is 9.84 Å². The number of amides is 2. The maximum atomic E-state index is 13.9. The van der Waals surface area contributed by atoms with Crippen molar-refractivity contribution in [3.63, 3.8) is 0 Å². The van der Waals surface area contributed by atoms with Crippen molar-refractivity contribution in [2.45, 2.75) is 39.2 Å². The number of aliphatic carboxylic acids is 1. The summed E-state index contributed by atoms with van der Waals surface area (Å²) in [7, 11) is 1.56. The first-order valence-corrected chi connectivity index (χ1v) is 11.4. The third kappa shape index (κ3) is 6.45. The van der Waals surface area contributed by atoms with Gasteiger partial charge in [-0.15, -0.1) is 0 Å². The van der Waals surface area contributed by atoms with Crippen molar-refractivity contribution in [2.24, 2.45) is 0 Å². The number of hydrogen-bond donors (Lipinski definition) is 3. The Morgan fingerprint density at radius 3 is 2.66 bits per heavy atom. The number of hydrogen-bond acceptors (Lipinski definition) is 4. The topological polar surface area (TPSA) is 110 Å². The second kappa shape index (κ2) is 11.6. The van der Waals surface area contributed by atoms with Crippen molar-refractivity contribution in [3.05, 3.63) is 65.1 Å². The van der Waals surface area contributed by atoms with E-state index in [0.29, 0.717) is 42.8 Å². The van der Waals surface area contributed by atoms with Gasteiger partial charge in [0.05, 0.1) is 6.61 Å². The predicted molar refractivity (Wildman–Crippen MR) is 131 cm³/mol. The highest BCUT2D eigenvalue weighted by atomic mass is 19.1. The minimum atomic E-state index is -0.909. The molecule has 0 unspecified atom stereocenters. The molecule has 0 radical (unpaired) electrons. The molecule has 35 heavy (non-hydrogen) atoms. The number of carbonyl (C=O) groups is 3. The highest BCUT2D eigenvalue weighted by Crippen LogP contribution is 2.27. The normalized spacial score (nSPS) is 11.9. The lowest BCUT2D eigenvalue weighted by Crippen LogP contribution is -2.27. The number of halogens is 1. The van der Waals surface area contributed by atoms with Gasteiger partial charge in [-0.3, -0.25) is 14.4 Å². The number of carboxylic acid groups (broad SMARTS) is 1. The number of rotatable bonds is 11. The van der Waals surface area contributed by atoms with E-state index in [-0.39, 0.29) is 18.2 Å². The van der Waals surface area contributed by atoms with Crippen molar-refractivity contribution in [1.29, 1.82) is 0 Å². The second-order valence-corrected chi connectivity index (χ2v) is 8.41. The van der Waals surface area contributed by atoms with Crippen LogP contribution in [0.5, 0.6) is 0 Å². The minimum absolute atomic E-state index is 0.0167. The molecule has 0 aliphatic rings. The third-order valence-corrected chi connectivity index (χ3v) is 5.85. The number of fused-ring (bicyclic) bond motifs is 1. The fourth-order valence-corrected chi connectivity index (χ4v) is 3.93. The number of aromatic nitrogens is 1. The first kappa shape index (κ1) is 25.9. The molecule has 0 saturated carbocycles. The minimum Gasteiger partial charge on any atom is -0.481 e. The Morgan fingerprint density at radius 2 is 1.94 bits per heavy atom. The number of methoxy groups -OCH3 is 1. The Labute approximate surface area is 203 Å². The molecule has 2 aromatic carbocycles. The lowest BCUT2D eigenvalue weighted by molar-refractivity contribution is -0.137. The van der Waals surface area contributed by atoms with E-state index >= 15 is 0 Å². The van der Waals surface area contributed by atoms with Crippen molar-refractivity contribution in [3.8, 4) is 0 Å². The molecule has 8 nitrogen and oxygen atoms in total. The van der Waals surface area contributed by atoms with E-state index in [1.165, 1.54) is 12.1 Å². The van der Waals surface area contributed by atoms with Crippen LogP contribution < -0.4 is 10.6 Å². The number of nitrogens with one attached hydrogen (secondary N) is 2. The molecule has 0 saturated heterocycles.